The van der Waals surface area contributed by atoms with Crippen LogP contribution in [0.25, 0.3) is 0 Å². The number of likely N-dealkylation sites (N-methyl/N-ethyl adjacent to an activating group) is 1. The van der Waals surface area contributed by atoms with Crippen molar-refractivity contribution in [2.24, 2.45) is 0 Å². The number of carbonyl (C=O) groups is 3. The smallest absolute Gasteiger partial charge is 0.325 e. The third kappa shape index (κ3) is 4.31. The van der Waals surface area contributed by atoms with Gasteiger partial charge in [0, 0.05) is 20.0 Å². The number of unbranched alkanes of at least 4 members (excludes halogenated alkanes) is 1. The van der Waals surface area contributed by atoms with Crippen molar-refractivity contribution < 1.29 is 14.4 Å². The van der Waals surface area contributed by atoms with Crippen LogP contribution < -0.4 is 5.32 Å². The molecule has 6 nitrogen and oxygen atoms in total. The van der Waals surface area contributed by atoms with Gasteiger partial charge in [0.05, 0.1) is 0 Å². The number of carbonyl (C=O) groups excluding carboxylic acids is 3. The quantitative estimate of drug-likeness (QED) is 0.701. The first-order valence-electron chi connectivity index (χ1n) is 9.95. The van der Waals surface area contributed by atoms with Crippen LogP contribution in [0.5, 0.6) is 0 Å². The summed E-state index contributed by atoms with van der Waals surface area (Å²) in [7, 11) is 1.70. The van der Waals surface area contributed by atoms with E-state index in [1.807, 2.05) is 67.6 Å². The van der Waals surface area contributed by atoms with E-state index in [0.29, 0.717) is 18.5 Å². The average molecular weight is 393 g/mol. The number of imide groups is 1. The van der Waals surface area contributed by atoms with Crippen molar-refractivity contribution in [2.75, 3.05) is 20.1 Å². The summed E-state index contributed by atoms with van der Waals surface area (Å²) in [5.74, 6) is -0.639. The van der Waals surface area contributed by atoms with Crippen LogP contribution in [-0.4, -0.2) is 47.8 Å². The van der Waals surface area contributed by atoms with Gasteiger partial charge in [0.25, 0.3) is 5.91 Å². The van der Waals surface area contributed by atoms with E-state index in [2.05, 4.69) is 5.32 Å². The minimum Gasteiger partial charge on any atom is -0.344 e. The zero-order chi connectivity index (χ0) is 20.9. The molecule has 0 aromatic heterocycles. The number of benzene rings is 2. The Bertz CT molecular complexity index is 869. The van der Waals surface area contributed by atoms with E-state index in [0.717, 1.165) is 23.3 Å². The lowest BCUT2D eigenvalue weighted by molar-refractivity contribution is -0.138. The molecule has 1 N–H and O–H groups in total. The number of amides is 4. The summed E-state index contributed by atoms with van der Waals surface area (Å²) < 4.78 is 0. The highest BCUT2D eigenvalue weighted by molar-refractivity contribution is 6.09. The molecule has 3 rings (SSSR count). The van der Waals surface area contributed by atoms with Gasteiger partial charge >= 0.3 is 6.03 Å². The summed E-state index contributed by atoms with van der Waals surface area (Å²) in [5, 5.41) is 2.89. The van der Waals surface area contributed by atoms with Gasteiger partial charge in [0.15, 0.2) is 5.54 Å². The van der Waals surface area contributed by atoms with Gasteiger partial charge in [0.2, 0.25) is 5.91 Å². The van der Waals surface area contributed by atoms with Crippen LogP contribution in [0.3, 0.4) is 0 Å². The number of rotatable bonds is 8. The highest BCUT2D eigenvalue weighted by atomic mass is 16.2. The second-order valence-electron chi connectivity index (χ2n) is 7.42. The average Bonchev–Trinajstić information content (AvgIpc) is 2.98. The van der Waals surface area contributed by atoms with Crippen molar-refractivity contribution in [3.8, 4) is 0 Å². The van der Waals surface area contributed by atoms with Crippen molar-refractivity contribution in [3.05, 3.63) is 71.8 Å². The largest absolute Gasteiger partial charge is 0.344 e. The Labute approximate surface area is 171 Å². The highest BCUT2D eigenvalue weighted by Crippen LogP contribution is 2.33. The Morgan fingerprint density at radius 2 is 1.66 bits per heavy atom. The molecule has 1 aliphatic rings. The topological polar surface area (TPSA) is 69.7 Å². The van der Waals surface area contributed by atoms with Crippen LogP contribution in [0.15, 0.2) is 60.7 Å². The number of hydrogen-bond acceptors (Lipinski definition) is 3. The van der Waals surface area contributed by atoms with Crippen molar-refractivity contribution in [3.63, 3.8) is 0 Å². The lowest BCUT2D eigenvalue weighted by atomic mass is 9.83. The molecule has 0 radical (unpaired) electrons. The Kier molecular flexibility index (Phi) is 6.32. The van der Waals surface area contributed by atoms with Crippen LogP contribution in [0.4, 0.5) is 4.79 Å². The van der Waals surface area contributed by atoms with Gasteiger partial charge in [-0.25, -0.2) is 4.79 Å². The lowest BCUT2D eigenvalue weighted by Gasteiger charge is -2.28. The molecule has 29 heavy (non-hydrogen) atoms. The van der Waals surface area contributed by atoms with E-state index in [9.17, 15) is 14.4 Å². The Morgan fingerprint density at radius 1 is 1.03 bits per heavy atom. The fraction of sp³-hybridized carbons (Fsp3) is 0.348. The van der Waals surface area contributed by atoms with Crippen molar-refractivity contribution in [2.45, 2.75) is 31.7 Å². The molecule has 0 unspecified atom stereocenters. The van der Waals surface area contributed by atoms with Crippen LogP contribution in [0, 0.1) is 0 Å². The molecule has 6 heteroatoms. The molecule has 1 heterocycles. The maximum Gasteiger partial charge on any atom is 0.325 e. The normalized spacial score (nSPS) is 18.6. The molecular formula is C23H27N3O3. The molecule has 4 amide bonds. The molecule has 2 aromatic carbocycles. The third-order valence-electron chi connectivity index (χ3n) is 5.32. The van der Waals surface area contributed by atoms with Gasteiger partial charge in [-0.1, -0.05) is 74.0 Å². The molecule has 1 atom stereocenters. The molecule has 152 valence electrons. The molecular weight excluding hydrogens is 366 g/mol. The predicted molar refractivity (Wildman–Crippen MR) is 111 cm³/mol. The second kappa shape index (κ2) is 8.90. The van der Waals surface area contributed by atoms with E-state index < -0.39 is 17.5 Å². The first kappa shape index (κ1) is 20.6. The predicted octanol–water partition coefficient (Wildman–Crippen LogP) is 2.93. The Balaban J connectivity index is 1.89. The maximum absolute atomic E-state index is 13.5. The molecule has 1 fully saturated rings. The summed E-state index contributed by atoms with van der Waals surface area (Å²) in [5.41, 5.74) is 0.414. The molecule has 1 saturated heterocycles. The van der Waals surface area contributed by atoms with E-state index in [4.69, 9.17) is 0 Å². The highest BCUT2D eigenvalue weighted by Gasteiger charge is 2.52. The first-order valence-corrected chi connectivity index (χ1v) is 9.95. The van der Waals surface area contributed by atoms with Gasteiger partial charge in [0.1, 0.15) is 6.54 Å². The van der Waals surface area contributed by atoms with E-state index in [1.165, 1.54) is 0 Å². The van der Waals surface area contributed by atoms with Gasteiger partial charge in [-0.05, 0) is 17.5 Å². The van der Waals surface area contributed by atoms with Crippen LogP contribution in [0.2, 0.25) is 0 Å². The van der Waals surface area contributed by atoms with E-state index in [1.54, 1.807) is 11.9 Å². The zero-order valence-corrected chi connectivity index (χ0v) is 16.9. The monoisotopic (exact) mass is 393 g/mol. The van der Waals surface area contributed by atoms with Gasteiger partial charge in [-0.2, -0.15) is 0 Å². The Hall–Kier alpha value is -3.15. The zero-order valence-electron chi connectivity index (χ0n) is 16.9. The van der Waals surface area contributed by atoms with Crippen LogP contribution in [-0.2, 0) is 21.5 Å². The fourth-order valence-electron chi connectivity index (χ4n) is 3.59. The third-order valence-corrected chi connectivity index (χ3v) is 5.32. The standard InChI is InChI=1S/C23H27N3O3/c1-3-4-15-25(2)20(27)17-26-21(28)23(24-22(26)29,19-13-9-6-10-14-19)16-18-11-7-5-8-12-18/h5-14H,3-4,15-17H2,1-2H3,(H,24,29)/t23-/m1/s1. The minimum atomic E-state index is -1.22. The number of hydrogen-bond donors (Lipinski definition) is 1. The minimum absolute atomic E-state index is 0.245. The molecule has 0 saturated carbocycles. The second-order valence-corrected chi connectivity index (χ2v) is 7.42. The van der Waals surface area contributed by atoms with Gasteiger partial charge in [-0.15, -0.1) is 0 Å². The fourth-order valence-corrected chi connectivity index (χ4v) is 3.59. The molecule has 2 aromatic rings. The van der Waals surface area contributed by atoms with Crippen molar-refractivity contribution in [1.82, 2.24) is 15.1 Å². The maximum atomic E-state index is 13.5. The number of urea groups is 1. The van der Waals surface area contributed by atoms with Crippen LogP contribution >= 0.6 is 0 Å². The lowest BCUT2D eigenvalue weighted by Crippen LogP contribution is -2.47. The Morgan fingerprint density at radius 3 is 2.28 bits per heavy atom. The molecule has 0 aliphatic carbocycles. The number of nitrogens with one attached hydrogen (secondary N) is 1. The summed E-state index contributed by atoms with van der Waals surface area (Å²) in [4.78, 5) is 41.4. The van der Waals surface area contributed by atoms with Crippen molar-refractivity contribution in [1.29, 1.82) is 0 Å². The first-order chi connectivity index (χ1) is 14.0. The summed E-state index contributed by atoms with van der Waals surface area (Å²) in [6.45, 7) is 2.40. The molecule has 0 bridgehead atoms. The van der Waals surface area contributed by atoms with E-state index in [-0.39, 0.29) is 12.5 Å². The van der Waals surface area contributed by atoms with Gasteiger partial charge < -0.3 is 10.2 Å². The number of nitrogens with zero attached hydrogens (tertiary/aromatic N) is 2. The summed E-state index contributed by atoms with van der Waals surface area (Å²) in [6, 6.07) is 18.2. The van der Waals surface area contributed by atoms with E-state index >= 15 is 0 Å². The summed E-state index contributed by atoms with van der Waals surface area (Å²) >= 11 is 0. The van der Waals surface area contributed by atoms with Gasteiger partial charge in [-0.3, -0.25) is 14.5 Å². The molecule has 1 aliphatic heterocycles. The molecule has 0 spiro atoms. The summed E-state index contributed by atoms with van der Waals surface area (Å²) in [6.07, 6.45) is 2.16. The van der Waals surface area contributed by atoms with Crippen molar-refractivity contribution >= 4 is 17.8 Å². The SMILES string of the molecule is CCCCN(C)C(=O)CN1C(=O)N[C@](Cc2ccccc2)(c2ccccc2)C1=O. The van der Waals surface area contributed by atoms with Crippen LogP contribution in [0.1, 0.15) is 30.9 Å².